The molecular formula is C28H31N9O2. The molecule has 0 aliphatic rings. The number of ketones is 1. The number of nitrogens with zero attached hydrogens (tertiary/aromatic N) is 8. The number of aryl methyl sites for hydroxylation is 1. The van der Waals surface area contributed by atoms with Gasteiger partial charge in [-0.1, -0.05) is 19.1 Å². The highest BCUT2D eigenvalue weighted by Crippen LogP contribution is 2.40. The second-order valence-corrected chi connectivity index (χ2v) is 9.03. The molecule has 0 spiro atoms. The summed E-state index contributed by atoms with van der Waals surface area (Å²) in [7, 11) is 7.17. The van der Waals surface area contributed by atoms with Gasteiger partial charge in [-0.05, 0) is 30.8 Å². The predicted molar refractivity (Wildman–Crippen MR) is 149 cm³/mol. The molecule has 11 nitrogen and oxygen atoms in total. The fourth-order valence-electron chi connectivity index (χ4n) is 4.18. The number of pyridine rings is 2. The summed E-state index contributed by atoms with van der Waals surface area (Å²) in [6, 6.07) is 13.5. The molecule has 0 aliphatic carbocycles. The van der Waals surface area contributed by atoms with Crippen LogP contribution in [0.5, 0.6) is 5.75 Å². The summed E-state index contributed by atoms with van der Waals surface area (Å²) in [5, 5.41) is 16.5. The van der Waals surface area contributed by atoms with Gasteiger partial charge in [-0.3, -0.25) is 14.4 Å². The van der Waals surface area contributed by atoms with E-state index in [0.29, 0.717) is 54.0 Å². The second kappa shape index (κ2) is 12.1. The number of anilines is 4. The lowest BCUT2D eigenvalue weighted by molar-refractivity contribution is 0.0988. The Kier molecular flexibility index (Phi) is 8.48. The Labute approximate surface area is 227 Å². The van der Waals surface area contributed by atoms with Crippen LogP contribution in [0.15, 0.2) is 55.1 Å². The number of carbonyl (C=O) groups excluding carboxylic acids is 1. The van der Waals surface area contributed by atoms with Crippen LogP contribution < -0.4 is 15.0 Å². The van der Waals surface area contributed by atoms with Crippen molar-refractivity contribution in [2.24, 2.45) is 7.05 Å². The molecule has 3 heterocycles. The lowest BCUT2D eigenvalue weighted by atomic mass is 10.1. The maximum atomic E-state index is 12.9. The summed E-state index contributed by atoms with van der Waals surface area (Å²) in [5.41, 5.74) is 3.64. The van der Waals surface area contributed by atoms with Crippen LogP contribution in [0, 0.1) is 11.3 Å². The number of rotatable bonds is 11. The van der Waals surface area contributed by atoms with Crippen molar-refractivity contribution in [3.8, 4) is 23.2 Å². The zero-order valence-corrected chi connectivity index (χ0v) is 22.7. The predicted octanol–water partition coefficient (Wildman–Crippen LogP) is 4.34. The van der Waals surface area contributed by atoms with Gasteiger partial charge in [-0.2, -0.15) is 10.4 Å². The Balaban J connectivity index is 1.67. The maximum absolute atomic E-state index is 12.9. The van der Waals surface area contributed by atoms with Gasteiger partial charge in [0, 0.05) is 45.5 Å². The van der Waals surface area contributed by atoms with Crippen molar-refractivity contribution in [2.75, 3.05) is 38.0 Å². The summed E-state index contributed by atoms with van der Waals surface area (Å²) < 4.78 is 7.44. The van der Waals surface area contributed by atoms with E-state index in [9.17, 15) is 4.79 Å². The molecule has 4 aromatic rings. The molecule has 200 valence electrons. The van der Waals surface area contributed by atoms with Crippen LogP contribution in [0.1, 0.15) is 29.3 Å². The average molecular weight is 526 g/mol. The molecule has 1 aromatic carbocycles. The summed E-state index contributed by atoms with van der Waals surface area (Å²) in [6.45, 7) is 2.79. The summed E-state index contributed by atoms with van der Waals surface area (Å²) in [5.74, 6) is 2.25. The molecule has 0 saturated carbocycles. The summed E-state index contributed by atoms with van der Waals surface area (Å²) in [4.78, 5) is 30.0. The largest absolute Gasteiger partial charge is 0.494 e. The zero-order chi connectivity index (χ0) is 27.9. The fourth-order valence-corrected chi connectivity index (χ4v) is 4.18. The number of benzene rings is 1. The minimum Gasteiger partial charge on any atom is -0.494 e. The average Bonchev–Trinajstić information content (AvgIpc) is 3.38. The van der Waals surface area contributed by atoms with Crippen LogP contribution in [0.3, 0.4) is 0 Å². The van der Waals surface area contributed by atoms with Crippen molar-refractivity contribution < 1.29 is 9.53 Å². The van der Waals surface area contributed by atoms with Crippen molar-refractivity contribution in [1.82, 2.24) is 29.6 Å². The van der Waals surface area contributed by atoms with Gasteiger partial charge in [0.15, 0.2) is 17.4 Å². The van der Waals surface area contributed by atoms with Gasteiger partial charge in [-0.25, -0.2) is 15.0 Å². The first-order valence-corrected chi connectivity index (χ1v) is 12.4. The SMILES string of the molecule is CCC(=O)c1cnc(Nc2ccc(CN(C)CC#N)cn2)cc1N(C)c1cccc(-c2ncn(C)n2)c1OC. The number of ether oxygens (including phenoxy) is 1. The van der Waals surface area contributed by atoms with Crippen molar-refractivity contribution in [1.29, 1.82) is 5.26 Å². The van der Waals surface area contributed by atoms with Gasteiger partial charge in [-0.15, -0.1) is 0 Å². The fraction of sp³-hybridized carbons (Fsp3) is 0.286. The van der Waals surface area contributed by atoms with E-state index in [2.05, 4.69) is 31.4 Å². The molecule has 0 saturated heterocycles. The Hall–Kier alpha value is -4.82. The molecule has 1 N–H and O–H groups in total. The van der Waals surface area contributed by atoms with Gasteiger partial charge in [0.2, 0.25) is 0 Å². The van der Waals surface area contributed by atoms with Crippen LogP contribution in [0.4, 0.5) is 23.0 Å². The van der Waals surface area contributed by atoms with Gasteiger partial charge in [0.05, 0.1) is 42.2 Å². The number of carbonyl (C=O) groups is 1. The third-order valence-corrected chi connectivity index (χ3v) is 6.14. The van der Waals surface area contributed by atoms with Crippen LogP contribution in [-0.4, -0.2) is 63.2 Å². The molecule has 0 radical (unpaired) electrons. The van der Waals surface area contributed by atoms with E-state index in [1.807, 2.05) is 74.3 Å². The minimum absolute atomic E-state index is 0.0265. The highest BCUT2D eigenvalue weighted by molar-refractivity contribution is 6.02. The summed E-state index contributed by atoms with van der Waals surface area (Å²) in [6.07, 6.45) is 5.32. The molecule has 0 unspecified atom stereocenters. The molecule has 11 heteroatoms. The zero-order valence-electron chi connectivity index (χ0n) is 22.7. The van der Waals surface area contributed by atoms with Crippen molar-refractivity contribution in [3.63, 3.8) is 0 Å². The monoisotopic (exact) mass is 525 g/mol. The van der Waals surface area contributed by atoms with E-state index in [1.54, 1.807) is 30.5 Å². The molecule has 39 heavy (non-hydrogen) atoms. The molecule has 0 bridgehead atoms. The third kappa shape index (κ3) is 6.19. The first-order valence-electron chi connectivity index (χ1n) is 12.4. The number of nitriles is 1. The van der Waals surface area contributed by atoms with E-state index in [-0.39, 0.29) is 5.78 Å². The quantitative estimate of drug-likeness (QED) is 0.223. The van der Waals surface area contributed by atoms with Gasteiger partial charge in [0.1, 0.15) is 18.0 Å². The molecule has 0 fully saturated rings. The highest BCUT2D eigenvalue weighted by Gasteiger charge is 2.22. The lowest BCUT2D eigenvalue weighted by Crippen LogP contribution is -2.17. The van der Waals surface area contributed by atoms with Crippen LogP contribution in [0.25, 0.3) is 11.4 Å². The number of methoxy groups -OCH3 is 1. The standard InChI is InChI=1S/C28H31N9O2/c1-6-24(38)21-16-31-26(33-25-11-10-19(15-30-25)17-35(2)13-12-29)14-23(21)37(4)22-9-7-8-20(27(22)39-5)28-32-18-36(3)34-28/h7-11,14-16,18H,6,13,17H2,1-5H3,(H,30,31,33). The van der Waals surface area contributed by atoms with E-state index in [4.69, 9.17) is 10.00 Å². The Bertz CT molecular complexity index is 1490. The summed E-state index contributed by atoms with van der Waals surface area (Å²) >= 11 is 0. The third-order valence-electron chi connectivity index (χ3n) is 6.14. The van der Waals surface area contributed by atoms with Gasteiger partial charge < -0.3 is 15.0 Å². The molecule has 0 amide bonds. The Morgan fingerprint density at radius 1 is 1.10 bits per heavy atom. The first-order chi connectivity index (χ1) is 18.8. The minimum atomic E-state index is -0.0265. The maximum Gasteiger partial charge on any atom is 0.184 e. The Morgan fingerprint density at radius 2 is 1.90 bits per heavy atom. The molecule has 4 rings (SSSR count). The van der Waals surface area contributed by atoms with Crippen molar-refractivity contribution >= 4 is 28.8 Å². The highest BCUT2D eigenvalue weighted by atomic mass is 16.5. The number of nitrogens with one attached hydrogen (secondary N) is 1. The number of para-hydroxylation sites is 1. The molecule has 0 atom stereocenters. The van der Waals surface area contributed by atoms with Crippen LogP contribution >= 0.6 is 0 Å². The first kappa shape index (κ1) is 27.2. The van der Waals surface area contributed by atoms with Crippen LogP contribution in [0.2, 0.25) is 0 Å². The lowest BCUT2D eigenvalue weighted by Gasteiger charge is -2.25. The number of Topliss-reactive ketones (excluding diaryl/α,β-unsaturated/α-hetero) is 1. The van der Waals surface area contributed by atoms with E-state index in [0.717, 1.165) is 16.8 Å². The van der Waals surface area contributed by atoms with Gasteiger partial charge in [0.25, 0.3) is 0 Å². The van der Waals surface area contributed by atoms with Crippen molar-refractivity contribution in [2.45, 2.75) is 19.9 Å². The number of hydrogen-bond acceptors (Lipinski definition) is 10. The van der Waals surface area contributed by atoms with Crippen LogP contribution in [-0.2, 0) is 13.6 Å². The number of hydrogen-bond donors (Lipinski definition) is 1. The van der Waals surface area contributed by atoms with Crippen molar-refractivity contribution in [3.05, 3.63) is 66.2 Å². The van der Waals surface area contributed by atoms with E-state index < -0.39 is 0 Å². The molecule has 0 aliphatic heterocycles. The normalized spacial score (nSPS) is 10.8. The smallest absolute Gasteiger partial charge is 0.184 e. The van der Waals surface area contributed by atoms with Gasteiger partial charge >= 0.3 is 0 Å². The van der Waals surface area contributed by atoms with E-state index >= 15 is 0 Å². The second-order valence-electron chi connectivity index (χ2n) is 9.03. The Morgan fingerprint density at radius 3 is 2.54 bits per heavy atom. The topological polar surface area (TPSA) is 125 Å². The number of aromatic nitrogens is 5. The molecule has 3 aromatic heterocycles. The molecular weight excluding hydrogens is 494 g/mol. The van der Waals surface area contributed by atoms with E-state index in [1.165, 1.54) is 0 Å².